The van der Waals surface area contributed by atoms with Crippen molar-refractivity contribution in [3.8, 4) is 0 Å². The highest BCUT2D eigenvalue weighted by molar-refractivity contribution is 5.83. The van der Waals surface area contributed by atoms with E-state index in [4.69, 9.17) is 0 Å². The van der Waals surface area contributed by atoms with Crippen molar-refractivity contribution >= 4 is 11.4 Å². The SMILES string of the molecule is CCCCC1=C(c2cc(CCCC)c(C)c(CCCC)c2)[N+](=[N-])C(c2cc(CCCC)c(C)c(CCCC)c2)=C1CCCC. The molecular formula is C42H64N2. The highest BCUT2D eigenvalue weighted by atomic mass is 15.2. The lowest BCUT2D eigenvalue weighted by Gasteiger charge is -2.18. The first-order valence-electron chi connectivity index (χ1n) is 18.6. The zero-order valence-corrected chi connectivity index (χ0v) is 29.9. The van der Waals surface area contributed by atoms with Crippen molar-refractivity contribution in [1.82, 2.24) is 0 Å². The van der Waals surface area contributed by atoms with Gasteiger partial charge >= 0.3 is 0 Å². The van der Waals surface area contributed by atoms with Gasteiger partial charge < -0.3 is 5.53 Å². The van der Waals surface area contributed by atoms with Crippen molar-refractivity contribution < 1.29 is 4.70 Å². The van der Waals surface area contributed by atoms with Gasteiger partial charge in [-0.05, 0) is 149 Å². The monoisotopic (exact) mass is 597 g/mol. The lowest BCUT2D eigenvalue weighted by Crippen LogP contribution is -2.07. The molecule has 44 heavy (non-hydrogen) atoms. The molecule has 0 saturated heterocycles. The van der Waals surface area contributed by atoms with E-state index in [2.05, 4.69) is 79.7 Å². The first kappa shape index (κ1) is 36.0. The van der Waals surface area contributed by atoms with Crippen molar-refractivity contribution in [2.45, 2.75) is 171 Å². The molecule has 0 aromatic heterocycles. The lowest BCUT2D eigenvalue weighted by atomic mass is 9.88. The second-order valence-corrected chi connectivity index (χ2v) is 13.4. The second-order valence-electron chi connectivity index (χ2n) is 13.4. The van der Waals surface area contributed by atoms with Crippen LogP contribution in [0.2, 0.25) is 0 Å². The molecule has 2 aromatic rings. The molecule has 0 radical (unpaired) electrons. The molecule has 2 heteroatoms. The average Bonchev–Trinajstić information content (AvgIpc) is 3.30. The third-order valence-corrected chi connectivity index (χ3v) is 9.91. The number of hydrogen-bond donors (Lipinski definition) is 0. The zero-order valence-electron chi connectivity index (χ0n) is 29.9. The first-order chi connectivity index (χ1) is 21.4. The third kappa shape index (κ3) is 8.82. The summed E-state index contributed by atoms with van der Waals surface area (Å²) in [5.74, 6) is 0. The molecule has 1 aliphatic rings. The number of rotatable bonds is 20. The van der Waals surface area contributed by atoms with E-state index in [1.54, 1.807) is 4.70 Å². The van der Waals surface area contributed by atoms with Crippen LogP contribution in [0.3, 0.4) is 0 Å². The number of benzene rings is 2. The predicted molar refractivity (Wildman–Crippen MR) is 193 cm³/mol. The van der Waals surface area contributed by atoms with Gasteiger partial charge in [-0.25, -0.2) is 4.70 Å². The second kappa shape index (κ2) is 18.5. The summed E-state index contributed by atoms with van der Waals surface area (Å²) in [6.07, 6.45) is 20.7. The minimum atomic E-state index is 1.02. The van der Waals surface area contributed by atoms with E-state index in [9.17, 15) is 5.53 Å². The molecule has 242 valence electrons. The van der Waals surface area contributed by atoms with Crippen LogP contribution in [-0.4, -0.2) is 4.70 Å². The van der Waals surface area contributed by atoms with Crippen LogP contribution in [-0.2, 0) is 25.7 Å². The Hall–Kier alpha value is -2.48. The van der Waals surface area contributed by atoms with Gasteiger partial charge in [0.05, 0.1) is 0 Å². The summed E-state index contributed by atoms with van der Waals surface area (Å²) in [4.78, 5) is 0. The van der Waals surface area contributed by atoms with Crippen molar-refractivity contribution in [3.05, 3.63) is 85.5 Å². The van der Waals surface area contributed by atoms with E-state index < -0.39 is 0 Å². The largest absolute Gasteiger partial charge is 0.493 e. The standard InChI is InChI=1S/C42H64N2/c1-9-15-21-33-27-37(28-34(31(33)7)22-16-10-2)41-39(25-19-13-5)40(26-20-14-6)42(44(41)43)38-29-35(23-17-11-3)32(8)36(30-38)24-18-12-4/h27-30H,9-26H2,1-8H3. The van der Waals surface area contributed by atoms with Crippen LogP contribution in [0.15, 0.2) is 35.4 Å². The fourth-order valence-corrected chi connectivity index (χ4v) is 6.95. The maximum absolute atomic E-state index is 12.4. The normalized spacial score (nSPS) is 13.6. The molecule has 0 amide bonds. The van der Waals surface area contributed by atoms with Gasteiger partial charge in [0, 0.05) is 22.3 Å². The first-order valence-corrected chi connectivity index (χ1v) is 18.6. The van der Waals surface area contributed by atoms with E-state index in [-0.39, 0.29) is 0 Å². The molecule has 0 bridgehead atoms. The Morgan fingerprint density at radius 1 is 0.432 bits per heavy atom. The number of allylic oxidation sites excluding steroid dienone is 2. The smallest absolute Gasteiger partial charge is 0.211 e. The summed E-state index contributed by atoms with van der Waals surface area (Å²) in [5, 5.41) is 0. The van der Waals surface area contributed by atoms with E-state index in [0.29, 0.717) is 0 Å². The van der Waals surface area contributed by atoms with Crippen LogP contribution in [0.25, 0.3) is 16.9 Å². The Labute approximate surface area is 271 Å². The zero-order chi connectivity index (χ0) is 32.1. The van der Waals surface area contributed by atoms with Crippen LogP contribution in [0.5, 0.6) is 0 Å². The van der Waals surface area contributed by atoms with Crippen LogP contribution < -0.4 is 0 Å². The topological polar surface area (TPSA) is 25.3 Å². The highest BCUT2D eigenvalue weighted by Gasteiger charge is 2.36. The summed E-state index contributed by atoms with van der Waals surface area (Å²) in [6, 6.07) is 9.72. The van der Waals surface area contributed by atoms with E-state index in [1.807, 2.05) is 0 Å². The molecule has 2 nitrogen and oxygen atoms in total. The Balaban J connectivity index is 2.29. The molecule has 0 unspecified atom stereocenters. The van der Waals surface area contributed by atoms with Crippen LogP contribution in [0.4, 0.5) is 0 Å². The fraction of sp³-hybridized carbons (Fsp3) is 0.619. The fourth-order valence-electron chi connectivity index (χ4n) is 6.95. The van der Waals surface area contributed by atoms with Crippen LogP contribution in [0.1, 0.15) is 176 Å². The molecular weight excluding hydrogens is 532 g/mol. The quantitative estimate of drug-likeness (QED) is 0.136. The van der Waals surface area contributed by atoms with Gasteiger partial charge in [0.2, 0.25) is 11.4 Å². The van der Waals surface area contributed by atoms with Gasteiger partial charge in [0.1, 0.15) is 0 Å². The van der Waals surface area contributed by atoms with Crippen LogP contribution in [0, 0.1) is 13.8 Å². The highest BCUT2D eigenvalue weighted by Crippen LogP contribution is 2.45. The minimum Gasteiger partial charge on any atom is -0.493 e. The van der Waals surface area contributed by atoms with Crippen molar-refractivity contribution in [2.24, 2.45) is 0 Å². The Kier molecular flexibility index (Phi) is 15.1. The molecule has 0 saturated carbocycles. The summed E-state index contributed by atoms with van der Waals surface area (Å²) < 4.78 is 1.64. The number of unbranched alkanes of at least 4 members (excludes halogenated alkanes) is 6. The minimum absolute atomic E-state index is 1.02. The summed E-state index contributed by atoms with van der Waals surface area (Å²) in [7, 11) is 0. The van der Waals surface area contributed by atoms with E-state index in [0.717, 1.165) is 75.6 Å². The van der Waals surface area contributed by atoms with Gasteiger partial charge in [-0.15, -0.1) is 0 Å². The maximum Gasteiger partial charge on any atom is 0.211 e. The van der Waals surface area contributed by atoms with Crippen molar-refractivity contribution in [1.29, 1.82) is 0 Å². The molecule has 0 atom stereocenters. The molecule has 3 rings (SSSR count). The molecule has 1 aliphatic heterocycles. The van der Waals surface area contributed by atoms with Gasteiger partial charge in [0.25, 0.3) is 0 Å². The summed E-state index contributed by atoms with van der Waals surface area (Å²) in [6.45, 7) is 18.4. The Bertz CT molecular complexity index is 1150. The summed E-state index contributed by atoms with van der Waals surface area (Å²) in [5.41, 5.74) is 28.5. The van der Waals surface area contributed by atoms with Gasteiger partial charge in [0.15, 0.2) is 0 Å². The van der Waals surface area contributed by atoms with Crippen LogP contribution >= 0.6 is 0 Å². The van der Waals surface area contributed by atoms with Crippen molar-refractivity contribution in [3.63, 3.8) is 0 Å². The summed E-state index contributed by atoms with van der Waals surface area (Å²) >= 11 is 0. The number of nitrogens with zero attached hydrogens (tertiary/aromatic N) is 2. The Morgan fingerprint density at radius 2 is 0.682 bits per heavy atom. The molecule has 2 aromatic carbocycles. The molecule has 0 spiro atoms. The third-order valence-electron chi connectivity index (χ3n) is 9.91. The maximum atomic E-state index is 12.4. The van der Waals surface area contributed by atoms with Gasteiger partial charge in [-0.3, -0.25) is 0 Å². The predicted octanol–water partition coefficient (Wildman–Crippen LogP) is 13.2. The number of aryl methyl sites for hydroxylation is 4. The lowest BCUT2D eigenvalue weighted by molar-refractivity contribution is -0.345. The molecule has 1 heterocycles. The molecule has 0 N–H and O–H groups in total. The Morgan fingerprint density at radius 3 is 0.932 bits per heavy atom. The van der Waals surface area contributed by atoms with E-state index >= 15 is 0 Å². The molecule has 0 fully saturated rings. The van der Waals surface area contributed by atoms with Gasteiger partial charge in [-0.2, -0.15) is 0 Å². The van der Waals surface area contributed by atoms with E-state index in [1.165, 1.54) is 107 Å². The van der Waals surface area contributed by atoms with Crippen molar-refractivity contribution in [2.75, 3.05) is 0 Å². The van der Waals surface area contributed by atoms with Gasteiger partial charge in [-0.1, -0.05) is 80.1 Å². The number of hydrogen-bond acceptors (Lipinski definition) is 0. The average molecular weight is 597 g/mol. The molecule has 0 aliphatic carbocycles.